The van der Waals surface area contributed by atoms with Gasteiger partial charge in [-0.15, -0.1) is 0 Å². The predicted octanol–water partition coefficient (Wildman–Crippen LogP) is 3.28. The zero-order chi connectivity index (χ0) is 20.5. The summed E-state index contributed by atoms with van der Waals surface area (Å²) in [7, 11) is 0. The van der Waals surface area contributed by atoms with Crippen molar-refractivity contribution in [3.63, 3.8) is 0 Å². The van der Waals surface area contributed by atoms with Crippen molar-refractivity contribution in [2.24, 2.45) is 0 Å². The summed E-state index contributed by atoms with van der Waals surface area (Å²) < 4.78 is 12.7. The molecule has 0 saturated carbocycles. The number of benzene rings is 1. The minimum absolute atomic E-state index is 0.162. The van der Waals surface area contributed by atoms with Crippen molar-refractivity contribution in [2.45, 2.75) is 33.4 Å². The fraction of sp³-hybridized carbons (Fsp3) is 0.238. The number of rotatable bonds is 5. The number of hydrogen-bond acceptors (Lipinski definition) is 6. The number of esters is 1. The van der Waals surface area contributed by atoms with Crippen LogP contribution in [0.4, 0.5) is 0 Å². The third-order valence-electron chi connectivity index (χ3n) is 4.32. The van der Waals surface area contributed by atoms with Crippen LogP contribution in [0.25, 0.3) is 16.6 Å². The number of nitrogens with one attached hydrogen (secondary N) is 1. The molecule has 3 heterocycles. The molecule has 4 aromatic rings. The molecule has 0 aliphatic rings. The van der Waals surface area contributed by atoms with Gasteiger partial charge in [0.1, 0.15) is 22.5 Å². The molecule has 1 N–H and O–H groups in total. The highest BCUT2D eigenvalue weighted by Crippen LogP contribution is 2.26. The van der Waals surface area contributed by atoms with Gasteiger partial charge in [0.15, 0.2) is 5.65 Å². The summed E-state index contributed by atoms with van der Waals surface area (Å²) in [6, 6.07) is 7.21. The van der Waals surface area contributed by atoms with Gasteiger partial charge in [0.25, 0.3) is 5.91 Å². The van der Waals surface area contributed by atoms with E-state index in [0.29, 0.717) is 28.1 Å². The monoisotopic (exact) mass is 392 g/mol. The fourth-order valence-corrected chi connectivity index (χ4v) is 3.12. The first kappa shape index (κ1) is 18.7. The summed E-state index contributed by atoms with van der Waals surface area (Å²) in [4.78, 5) is 29.1. The van der Waals surface area contributed by atoms with Crippen molar-refractivity contribution in [3.8, 4) is 0 Å². The number of carbonyl (C=O) groups is 2. The molecule has 1 aromatic carbocycles. The van der Waals surface area contributed by atoms with Crippen molar-refractivity contribution in [1.29, 1.82) is 0 Å². The lowest BCUT2D eigenvalue weighted by molar-refractivity contribution is 0.0378. The van der Waals surface area contributed by atoms with E-state index in [0.717, 1.165) is 10.9 Å². The van der Waals surface area contributed by atoms with E-state index in [2.05, 4.69) is 15.4 Å². The molecule has 0 saturated heterocycles. The van der Waals surface area contributed by atoms with Gasteiger partial charge in [0.2, 0.25) is 0 Å². The lowest BCUT2D eigenvalue weighted by Crippen LogP contribution is -2.22. The summed E-state index contributed by atoms with van der Waals surface area (Å²) >= 11 is 0. The van der Waals surface area contributed by atoms with Gasteiger partial charge in [0, 0.05) is 17.8 Å². The van der Waals surface area contributed by atoms with Crippen molar-refractivity contribution in [2.75, 3.05) is 0 Å². The number of hydrogen-bond donors (Lipinski definition) is 1. The summed E-state index contributed by atoms with van der Waals surface area (Å²) in [6.45, 7) is 5.65. The van der Waals surface area contributed by atoms with Crippen LogP contribution < -0.4 is 5.32 Å². The van der Waals surface area contributed by atoms with Gasteiger partial charge in [-0.1, -0.05) is 0 Å². The van der Waals surface area contributed by atoms with Gasteiger partial charge < -0.3 is 14.5 Å². The second-order valence-electron chi connectivity index (χ2n) is 7.03. The zero-order valence-electron chi connectivity index (χ0n) is 16.3. The Hall–Kier alpha value is -3.68. The molecule has 0 aliphatic carbocycles. The fourth-order valence-electron chi connectivity index (χ4n) is 3.12. The third-order valence-corrected chi connectivity index (χ3v) is 4.32. The predicted molar refractivity (Wildman–Crippen MR) is 106 cm³/mol. The highest BCUT2D eigenvalue weighted by molar-refractivity contribution is 6.03. The molecule has 8 heteroatoms. The molecule has 148 valence electrons. The highest BCUT2D eigenvalue weighted by Gasteiger charge is 2.19. The van der Waals surface area contributed by atoms with Crippen LogP contribution in [0.15, 0.2) is 47.3 Å². The molecule has 0 aliphatic heterocycles. The molecule has 3 aromatic heterocycles. The van der Waals surface area contributed by atoms with E-state index in [1.165, 1.54) is 10.7 Å². The number of carbonyl (C=O) groups excluding carboxylic acids is 2. The average molecular weight is 392 g/mol. The molecular weight excluding hydrogens is 372 g/mol. The first-order chi connectivity index (χ1) is 13.9. The van der Waals surface area contributed by atoms with E-state index in [1.807, 2.05) is 19.1 Å². The second kappa shape index (κ2) is 7.38. The lowest BCUT2D eigenvalue weighted by atomic mass is 10.1. The summed E-state index contributed by atoms with van der Waals surface area (Å²) in [5.41, 5.74) is 2.59. The Kier molecular flexibility index (Phi) is 4.75. The molecule has 0 spiro atoms. The molecule has 0 radical (unpaired) electrons. The maximum atomic E-state index is 12.5. The second-order valence-corrected chi connectivity index (χ2v) is 7.03. The molecule has 0 atom stereocenters. The van der Waals surface area contributed by atoms with Gasteiger partial charge in [-0.05, 0) is 50.6 Å². The Morgan fingerprint density at radius 3 is 2.86 bits per heavy atom. The first-order valence-corrected chi connectivity index (χ1v) is 9.23. The Morgan fingerprint density at radius 2 is 2.07 bits per heavy atom. The van der Waals surface area contributed by atoms with Crippen molar-refractivity contribution >= 4 is 28.5 Å². The van der Waals surface area contributed by atoms with Crippen molar-refractivity contribution in [1.82, 2.24) is 19.9 Å². The molecule has 0 unspecified atom stereocenters. The Labute approximate surface area is 166 Å². The molecular formula is C21H20N4O4. The van der Waals surface area contributed by atoms with Crippen LogP contribution in [0, 0.1) is 6.92 Å². The number of fused-ring (bicyclic) bond motifs is 2. The number of furan rings is 1. The minimum Gasteiger partial charge on any atom is -0.459 e. The SMILES string of the molecule is Cc1cc(C(=O)OC(C)C)c2oc(CNC(=O)c3cnn4cccnc34)cc2c1. The summed E-state index contributed by atoms with van der Waals surface area (Å²) in [6.07, 6.45) is 4.57. The summed E-state index contributed by atoms with van der Waals surface area (Å²) in [5.74, 6) is -0.215. The maximum Gasteiger partial charge on any atom is 0.342 e. The van der Waals surface area contributed by atoms with E-state index in [4.69, 9.17) is 9.15 Å². The van der Waals surface area contributed by atoms with Crippen LogP contribution in [-0.2, 0) is 11.3 Å². The number of nitrogens with zero attached hydrogens (tertiary/aromatic N) is 3. The molecule has 0 bridgehead atoms. The number of aryl methyl sites for hydroxylation is 1. The van der Waals surface area contributed by atoms with Gasteiger partial charge in [-0.25, -0.2) is 14.3 Å². The number of amides is 1. The van der Waals surface area contributed by atoms with Gasteiger partial charge in [-0.2, -0.15) is 5.10 Å². The van der Waals surface area contributed by atoms with Crippen LogP contribution in [0.5, 0.6) is 0 Å². The lowest BCUT2D eigenvalue weighted by Gasteiger charge is -2.08. The molecule has 0 fully saturated rings. The van der Waals surface area contributed by atoms with Gasteiger partial charge >= 0.3 is 5.97 Å². The van der Waals surface area contributed by atoms with Crippen LogP contribution >= 0.6 is 0 Å². The topological polar surface area (TPSA) is 98.7 Å². The molecule has 29 heavy (non-hydrogen) atoms. The molecule has 8 nitrogen and oxygen atoms in total. The maximum absolute atomic E-state index is 12.5. The standard InChI is InChI=1S/C21H20N4O4/c1-12(2)28-21(27)16-8-13(3)7-14-9-15(29-18(14)16)10-23-20(26)17-11-24-25-6-4-5-22-19(17)25/h4-9,11-12H,10H2,1-3H3,(H,23,26). The van der Waals surface area contributed by atoms with Crippen LogP contribution in [0.3, 0.4) is 0 Å². The number of ether oxygens (including phenoxy) is 1. The van der Waals surface area contributed by atoms with Crippen LogP contribution in [0.2, 0.25) is 0 Å². The van der Waals surface area contributed by atoms with Crippen LogP contribution in [-0.4, -0.2) is 32.6 Å². The van der Waals surface area contributed by atoms with Gasteiger partial charge in [-0.3, -0.25) is 4.79 Å². The highest BCUT2D eigenvalue weighted by atomic mass is 16.5. The molecule has 4 rings (SSSR count). The van der Waals surface area contributed by atoms with Crippen molar-refractivity contribution < 1.29 is 18.7 Å². The molecule has 1 amide bonds. The van der Waals surface area contributed by atoms with E-state index >= 15 is 0 Å². The Bertz CT molecular complexity index is 1220. The number of aromatic nitrogens is 3. The third kappa shape index (κ3) is 3.69. The largest absolute Gasteiger partial charge is 0.459 e. The van der Waals surface area contributed by atoms with Gasteiger partial charge in [0.05, 0.1) is 18.8 Å². The van der Waals surface area contributed by atoms with E-state index in [9.17, 15) is 9.59 Å². The average Bonchev–Trinajstić information content (AvgIpc) is 3.28. The summed E-state index contributed by atoms with van der Waals surface area (Å²) in [5, 5.41) is 7.70. The van der Waals surface area contributed by atoms with E-state index in [1.54, 1.807) is 38.4 Å². The van der Waals surface area contributed by atoms with E-state index < -0.39 is 5.97 Å². The smallest absolute Gasteiger partial charge is 0.342 e. The minimum atomic E-state index is -0.434. The quantitative estimate of drug-likeness (QED) is 0.523. The zero-order valence-corrected chi connectivity index (χ0v) is 16.3. The normalized spacial score (nSPS) is 11.3. The van der Waals surface area contributed by atoms with E-state index in [-0.39, 0.29) is 18.6 Å². The van der Waals surface area contributed by atoms with Crippen LogP contribution in [0.1, 0.15) is 45.9 Å². The Balaban J connectivity index is 1.57. The Morgan fingerprint density at radius 1 is 1.24 bits per heavy atom. The van der Waals surface area contributed by atoms with Crippen molar-refractivity contribution in [3.05, 3.63) is 65.3 Å². The first-order valence-electron chi connectivity index (χ1n) is 9.23.